The summed E-state index contributed by atoms with van der Waals surface area (Å²) in [5, 5.41) is 23.7. The van der Waals surface area contributed by atoms with Crippen molar-refractivity contribution in [3.63, 3.8) is 0 Å². The van der Waals surface area contributed by atoms with Gasteiger partial charge in [-0.25, -0.2) is 9.18 Å². The second kappa shape index (κ2) is 7.05. The third-order valence-corrected chi connectivity index (χ3v) is 3.54. The Morgan fingerprint density at radius 2 is 2.00 bits per heavy atom. The van der Waals surface area contributed by atoms with Crippen molar-refractivity contribution in [1.82, 2.24) is 0 Å². The number of aliphatic hydroxyl groups excluding tert-OH is 1. The first kappa shape index (κ1) is 17.4. The van der Waals surface area contributed by atoms with Crippen molar-refractivity contribution in [1.29, 1.82) is 0 Å². The van der Waals surface area contributed by atoms with Crippen molar-refractivity contribution in [3.8, 4) is 0 Å². The average molecular weight is 334 g/mol. The van der Waals surface area contributed by atoms with E-state index in [1.165, 1.54) is 0 Å². The van der Waals surface area contributed by atoms with E-state index in [-0.39, 0.29) is 5.69 Å². The second-order valence-electron chi connectivity index (χ2n) is 4.96. The van der Waals surface area contributed by atoms with Crippen LogP contribution < -0.4 is 5.32 Å². The summed E-state index contributed by atoms with van der Waals surface area (Å²) in [5.41, 5.74) is -2.10. The Labute approximate surface area is 136 Å². The fourth-order valence-corrected chi connectivity index (χ4v) is 2.32. The van der Waals surface area contributed by atoms with Gasteiger partial charge < -0.3 is 15.2 Å². The Kier molecular flexibility index (Phi) is 5.10. The smallest absolute Gasteiger partial charge is 0.338 e. The first-order valence-electron chi connectivity index (χ1n) is 6.91. The summed E-state index contributed by atoms with van der Waals surface area (Å²) in [6.07, 6.45) is 0. The topological polar surface area (TPSA) is 102 Å². The lowest BCUT2D eigenvalue weighted by atomic mass is 9.90. The third-order valence-electron chi connectivity index (χ3n) is 3.54. The molecule has 2 aromatic rings. The molecule has 1 unspecified atom stereocenters. The predicted molar refractivity (Wildman–Crippen MR) is 83.9 cm³/mol. The number of rotatable bonds is 6. The zero-order valence-corrected chi connectivity index (χ0v) is 12.7. The Hall–Kier alpha value is -3.00. The quantitative estimate of drug-likeness (QED) is 0.477. The molecule has 0 heterocycles. The number of carbonyl (C=O) groups excluding carboxylic acids is 1. The normalized spacial score (nSPS) is 13.0. The molecular weight excluding hydrogens is 319 g/mol. The highest BCUT2D eigenvalue weighted by atomic mass is 19.1. The van der Waals surface area contributed by atoms with E-state index in [1.807, 2.05) is 0 Å². The number of nitro groups is 1. The second-order valence-corrected chi connectivity index (χ2v) is 4.96. The molecule has 0 aliphatic carbocycles. The zero-order chi connectivity index (χ0) is 17.7. The van der Waals surface area contributed by atoms with Crippen LogP contribution in [0.25, 0.3) is 0 Å². The molecule has 126 valence electrons. The molecular formula is C16H15FN2O5. The van der Waals surface area contributed by atoms with Gasteiger partial charge in [-0.2, -0.15) is 0 Å². The highest BCUT2D eigenvalue weighted by Gasteiger charge is 2.42. The molecule has 0 radical (unpaired) electrons. The summed E-state index contributed by atoms with van der Waals surface area (Å²) in [7, 11) is 1.14. The number of nitrogens with zero attached hydrogens (tertiary/aromatic N) is 1. The Morgan fingerprint density at radius 1 is 1.33 bits per heavy atom. The molecule has 0 aliphatic rings. The van der Waals surface area contributed by atoms with Gasteiger partial charge in [-0.1, -0.05) is 30.3 Å². The third kappa shape index (κ3) is 3.18. The van der Waals surface area contributed by atoms with Gasteiger partial charge in [0.1, 0.15) is 11.5 Å². The minimum atomic E-state index is -1.77. The van der Waals surface area contributed by atoms with Gasteiger partial charge in [0.05, 0.1) is 24.7 Å². The van der Waals surface area contributed by atoms with Crippen LogP contribution >= 0.6 is 0 Å². The van der Waals surface area contributed by atoms with Crippen LogP contribution in [0.3, 0.4) is 0 Å². The number of anilines is 1. The molecule has 24 heavy (non-hydrogen) atoms. The first-order chi connectivity index (χ1) is 11.4. The molecule has 0 aliphatic heterocycles. The lowest BCUT2D eigenvalue weighted by Crippen LogP contribution is -2.47. The number of ether oxygens (including phenoxy) is 1. The van der Waals surface area contributed by atoms with Crippen LogP contribution in [-0.4, -0.2) is 29.7 Å². The fourth-order valence-electron chi connectivity index (χ4n) is 2.32. The molecule has 0 spiro atoms. The highest BCUT2D eigenvalue weighted by molar-refractivity contribution is 5.87. The number of benzene rings is 2. The molecule has 8 heteroatoms. The first-order valence-corrected chi connectivity index (χ1v) is 6.91. The summed E-state index contributed by atoms with van der Waals surface area (Å²) in [6, 6.07) is 11.0. The van der Waals surface area contributed by atoms with E-state index in [0.717, 1.165) is 25.3 Å². The monoisotopic (exact) mass is 334 g/mol. The van der Waals surface area contributed by atoms with Crippen LogP contribution in [0, 0.1) is 15.9 Å². The van der Waals surface area contributed by atoms with Gasteiger partial charge >= 0.3 is 5.97 Å². The van der Waals surface area contributed by atoms with Gasteiger partial charge in [-0.3, -0.25) is 10.1 Å². The van der Waals surface area contributed by atoms with Gasteiger partial charge in [0.25, 0.3) is 5.69 Å². The molecule has 7 nitrogen and oxygen atoms in total. The molecule has 0 fully saturated rings. The van der Waals surface area contributed by atoms with Crippen molar-refractivity contribution >= 4 is 17.3 Å². The van der Waals surface area contributed by atoms with Gasteiger partial charge in [0.2, 0.25) is 0 Å². The van der Waals surface area contributed by atoms with Gasteiger partial charge in [0, 0.05) is 0 Å². The number of nitrogens with one attached hydrogen (secondary N) is 1. The molecule has 2 N–H and O–H groups in total. The van der Waals surface area contributed by atoms with Crippen LogP contribution in [0.5, 0.6) is 0 Å². The van der Waals surface area contributed by atoms with Crippen LogP contribution in [0.1, 0.15) is 5.56 Å². The van der Waals surface area contributed by atoms with Gasteiger partial charge in [-0.05, 0) is 17.7 Å². The summed E-state index contributed by atoms with van der Waals surface area (Å²) in [4.78, 5) is 22.7. The molecule has 0 saturated heterocycles. The van der Waals surface area contributed by atoms with Crippen LogP contribution in [0.15, 0.2) is 48.5 Å². The number of aliphatic hydroxyl groups is 1. The van der Waals surface area contributed by atoms with E-state index < -0.39 is 34.5 Å². The van der Waals surface area contributed by atoms with E-state index in [9.17, 15) is 24.4 Å². The van der Waals surface area contributed by atoms with Gasteiger partial charge in [-0.15, -0.1) is 0 Å². The van der Waals surface area contributed by atoms with E-state index >= 15 is 0 Å². The molecule has 2 aromatic carbocycles. The minimum absolute atomic E-state index is 0.121. The predicted octanol–water partition coefficient (Wildman–Crippen LogP) is 2.21. The summed E-state index contributed by atoms with van der Waals surface area (Å²) < 4.78 is 18.0. The van der Waals surface area contributed by atoms with Crippen molar-refractivity contribution in [2.45, 2.75) is 5.54 Å². The Bertz CT molecular complexity index is 753. The van der Waals surface area contributed by atoms with E-state index in [0.29, 0.717) is 5.56 Å². The van der Waals surface area contributed by atoms with Crippen molar-refractivity contribution in [3.05, 3.63) is 70.0 Å². The lowest BCUT2D eigenvalue weighted by molar-refractivity contribution is -0.384. The average Bonchev–Trinajstić information content (AvgIpc) is 2.60. The fraction of sp³-hybridized carbons (Fsp3) is 0.188. The van der Waals surface area contributed by atoms with Crippen LogP contribution in [-0.2, 0) is 15.1 Å². The van der Waals surface area contributed by atoms with E-state index in [2.05, 4.69) is 5.32 Å². The number of methoxy groups -OCH3 is 1. The van der Waals surface area contributed by atoms with Crippen molar-refractivity contribution in [2.75, 3.05) is 19.0 Å². The number of esters is 1. The number of hydrogen-bond donors (Lipinski definition) is 2. The highest BCUT2D eigenvalue weighted by Crippen LogP contribution is 2.33. The molecule has 0 amide bonds. The Balaban J connectivity index is 2.59. The van der Waals surface area contributed by atoms with Crippen molar-refractivity contribution in [2.24, 2.45) is 0 Å². The zero-order valence-electron chi connectivity index (χ0n) is 12.7. The van der Waals surface area contributed by atoms with Crippen LogP contribution in [0.2, 0.25) is 0 Å². The largest absolute Gasteiger partial charge is 0.467 e. The maximum Gasteiger partial charge on any atom is 0.338 e. The number of carbonyl (C=O) groups is 1. The summed E-state index contributed by atoms with van der Waals surface area (Å²) >= 11 is 0. The van der Waals surface area contributed by atoms with E-state index in [4.69, 9.17) is 4.74 Å². The molecule has 2 rings (SSSR count). The molecule has 0 bridgehead atoms. The Morgan fingerprint density at radius 3 is 2.54 bits per heavy atom. The van der Waals surface area contributed by atoms with E-state index in [1.54, 1.807) is 30.3 Å². The lowest BCUT2D eigenvalue weighted by Gasteiger charge is -2.31. The number of hydrogen-bond acceptors (Lipinski definition) is 6. The number of nitro benzene ring substituents is 1. The summed E-state index contributed by atoms with van der Waals surface area (Å²) in [5.74, 6) is -1.63. The maximum atomic E-state index is 13.3. The van der Waals surface area contributed by atoms with Crippen molar-refractivity contribution < 1.29 is 24.0 Å². The van der Waals surface area contributed by atoms with Gasteiger partial charge in [0.15, 0.2) is 5.54 Å². The SMILES string of the molecule is COC(=O)C(CO)(Nc1ccc(F)cc1[N+](=O)[O-])c1ccccc1. The minimum Gasteiger partial charge on any atom is -0.467 e. The molecule has 0 saturated carbocycles. The van der Waals surface area contributed by atoms with Crippen LogP contribution in [0.4, 0.5) is 15.8 Å². The molecule has 1 atom stereocenters. The standard InChI is InChI=1S/C16H15FN2O5/c1-24-15(21)16(10-20,11-5-3-2-4-6-11)18-13-8-7-12(17)9-14(13)19(22)23/h2-9,18,20H,10H2,1H3. The summed E-state index contributed by atoms with van der Waals surface area (Å²) in [6.45, 7) is -0.724. The maximum absolute atomic E-state index is 13.3. The number of halogens is 1. The molecule has 0 aromatic heterocycles.